The van der Waals surface area contributed by atoms with Crippen molar-refractivity contribution in [1.82, 2.24) is 10.1 Å². The molecule has 1 fully saturated rings. The van der Waals surface area contributed by atoms with Crippen LogP contribution >= 0.6 is 0 Å². The average molecular weight is 343 g/mol. The van der Waals surface area contributed by atoms with Crippen LogP contribution in [-0.4, -0.2) is 35.5 Å². The van der Waals surface area contributed by atoms with Gasteiger partial charge in [0, 0.05) is 30.8 Å². The minimum Gasteiger partial charge on any atom is -0.484 e. The summed E-state index contributed by atoms with van der Waals surface area (Å²) in [4.78, 5) is 25.5. The van der Waals surface area contributed by atoms with Gasteiger partial charge in [-0.2, -0.15) is 0 Å². The molecule has 0 bridgehead atoms. The lowest BCUT2D eigenvalue weighted by Gasteiger charge is -2.16. The fourth-order valence-electron chi connectivity index (χ4n) is 2.33. The Hall–Kier alpha value is -2.83. The van der Waals surface area contributed by atoms with Gasteiger partial charge in [-0.25, -0.2) is 0 Å². The minimum atomic E-state index is -0.173. The van der Waals surface area contributed by atoms with E-state index in [1.54, 1.807) is 44.3 Å². The van der Waals surface area contributed by atoms with Crippen LogP contribution in [0.2, 0.25) is 0 Å². The van der Waals surface area contributed by atoms with E-state index in [0.717, 1.165) is 12.8 Å². The maximum absolute atomic E-state index is 12.2. The molecule has 0 atom stereocenters. The summed E-state index contributed by atoms with van der Waals surface area (Å²) in [7, 11) is 1.68. The second-order valence-corrected chi connectivity index (χ2v) is 6.26. The van der Waals surface area contributed by atoms with Crippen molar-refractivity contribution in [2.45, 2.75) is 26.3 Å². The van der Waals surface area contributed by atoms with Crippen molar-refractivity contribution >= 4 is 17.5 Å². The van der Waals surface area contributed by atoms with Crippen LogP contribution in [-0.2, 0) is 16.1 Å². The SMILES string of the molecule is Cc1cc(CN(C)C(=O)COc2cccc(NC(=O)C3CC3)c2)no1. The van der Waals surface area contributed by atoms with E-state index in [1.807, 2.05) is 0 Å². The molecule has 132 valence electrons. The molecule has 1 N–H and O–H groups in total. The van der Waals surface area contributed by atoms with Crippen LogP contribution in [0, 0.1) is 12.8 Å². The maximum Gasteiger partial charge on any atom is 0.260 e. The molecule has 0 radical (unpaired) electrons. The third-order valence-electron chi connectivity index (χ3n) is 3.91. The predicted octanol–water partition coefficient (Wildman–Crippen LogP) is 2.37. The van der Waals surface area contributed by atoms with Gasteiger partial charge >= 0.3 is 0 Å². The van der Waals surface area contributed by atoms with E-state index in [0.29, 0.717) is 29.4 Å². The number of carbonyl (C=O) groups excluding carboxylic acids is 2. The summed E-state index contributed by atoms with van der Waals surface area (Å²) in [5.41, 5.74) is 1.37. The first-order valence-electron chi connectivity index (χ1n) is 8.21. The van der Waals surface area contributed by atoms with Gasteiger partial charge in [0.25, 0.3) is 5.91 Å². The summed E-state index contributed by atoms with van der Waals surface area (Å²) in [5.74, 6) is 1.24. The molecule has 1 aliphatic carbocycles. The van der Waals surface area contributed by atoms with Gasteiger partial charge in [0.05, 0.1) is 6.54 Å². The van der Waals surface area contributed by atoms with Crippen molar-refractivity contribution in [3.8, 4) is 5.75 Å². The van der Waals surface area contributed by atoms with Gasteiger partial charge in [0.15, 0.2) is 6.61 Å². The Balaban J connectivity index is 1.50. The Bertz CT molecular complexity index is 767. The third-order valence-corrected chi connectivity index (χ3v) is 3.91. The van der Waals surface area contributed by atoms with Crippen LogP contribution in [0.5, 0.6) is 5.75 Å². The molecule has 7 nitrogen and oxygen atoms in total. The summed E-state index contributed by atoms with van der Waals surface area (Å²) in [6.45, 7) is 2.07. The summed E-state index contributed by atoms with van der Waals surface area (Å²) >= 11 is 0. The highest BCUT2D eigenvalue weighted by atomic mass is 16.5. The highest BCUT2D eigenvalue weighted by molar-refractivity contribution is 5.94. The summed E-state index contributed by atoms with van der Waals surface area (Å²) in [5, 5.41) is 6.72. The highest BCUT2D eigenvalue weighted by Gasteiger charge is 2.29. The number of hydrogen-bond donors (Lipinski definition) is 1. The fourth-order valence-corrected chi connectivity index (χ4v) is 2.33. The van der Waals surface area contributed by atoms with Gasteiger partial charge in [-0.1, -0.05) is 11.2 Å². The van der Waals surface area contributed by atoms with Crippen LogP contribution in [0.25, 0.3) is 0 Å². The lowest BCUT2D eigenvalue weighted by Crippen LogP contribution is -2.31. The number of likely N-dealkylation sites (N-methyl/N-ethyl adjacent to an activating group) is 1. The number of rotatable bonds is 7. The lowest BCUT2D eigenvalue weighted by molar-refractivity contribution is -0.132. The molecule has 3 rings (SSSR count). The first-order chi connectivity index (χ1) is 12.0. The summed E-state index contributed by atoms with van der Waals surface area (Å²) in [6.07, 6.45) is 1.90. The van der Waals surface area contributed by atoms with Crippen LogP contribution in [0.1, 0.15) is 24.3 Å². The first kappa shape index (κ1) is 17.0. The van der Waals surface area contributed by atoms with Crippen molar-refractivity contribution in [3.63, 3.8) is 0 Å². The van der Waals surface area contributed by atoms with E-state index < -0.39 is 0 Å². The molecule has 1 aliphatic rings. The monoisotopic (exact) mass is 343 g/mol. The second kappa shape index (κ2) is 7.38. The van der Waals surface area contributed by atoms with E-state index in [-0.39, 0.29) is 24.3 Å². The number of anilines is 1. The van der Waals surface area contributed by atoms with E-state index >= 15 is 0 Å². The molecule has 1 aromatic carbocycles. The Morgan fingerprint density at radius 1 is 1.36 bits per heavy atom. The molecule has 0 spiro atoms. The molecule has 0 saturated heterocycles. The van der Waals surface area contributed by atoms with Crippen molar-refractivity contribution in [3.05, 3.63) is 41.8 Å². The maximum atomic E-state index is 12.2. The topological polar surface area (TPSA) is 84.7 Å². The smallest absolute Gasteiger partial charge is 0.260 e. The zero-order valence-corrected chi connectivity index (χ0v) is 14.3. The standard InChI is InChI=1S/C18H21N3O4/c1-12-8-15(20-25-12)10-21(2)17(22)11-24-16-5-3-4-14(9-16)19-18(23)13-6-7-13/h3-5,8-9,13H,6-7,10-11H2,1-2H3,(H,19,23). The number of ether oxygens (including phenoxy) is 1. The fraction of sp³-hybridized carbons (Fsp3) is 0.389. The third kappa shape index (κ3) is 4.82. The van der Waals surface area contributed by atoms with Gasteiger partial charge in [-0.3, -0.25) is 9.59 Å². The summed E-state index contributed by atoms with van der Waals surface area (Å²) < 4.78 is 10.5. The van der Waals surface area contributed by atoms with Crippen molar-refractivity contribution < 1.29 is 18.8 Å². The largest absolute Gasteiger partial charge is 0.484 e. The van der Waals surface area contributed by atoms with Crippen LogP contribution in [0.4, 0.5) is 5.69 Å². The zero-order valence-electron chi connectivity index (χ0n) is 14.3. The molecule has 1 saturated carbocycles. The molecular weight excluding hydrogens is 322 g/mol. The van der Waals surface area contributed by atoms with Crippen LogP contribution in [0.3, 0.4) is 0 Å². The molecule has 1 heterocycles. The molecule has 7 heteroatoms. The Labute approximate surface area is 145 Å². The molecule has 25 heavy (non-hydrogen) atoms. The van der Waals surface area contributed by atoms with Crippen molar-refractivity contribution in [2.75, 3.05) is 19.0 Å². The van der Waals surface area contributed by atoms with Crippen LogP contribution in [0.15, 0.2) is 34.9 Å². The lowest BCUT2D eigenvalue weighted by atomic mass is 10.3. The van der Waals surface area contributed by atoms with E-state index in [1.165, 1.54) is 4.90 Å². The van der Waals surface area contributed by atoms with Gasteiger partial charge in [0.1, 0.15) is 17.2 Å². The number of hydrogen-bond acceptors (Lipinski definition) is 5. The Morgan fingerprint density at radius 2 is 2.16 bits per heavy atom. The number of carbonyl (C=O) groups is 2. The van der Waals surface area contributed by atoms with E-state index in [4.69, 9.17) is 9.26 Å². The highest BCUT2D eigenvalue weighted by Crippen LogP contribution is 2.30. The quantitative estimate of drug-likeness (QED) is 0.834. The number of nitrogens with one attached hydrogen (secondary N) is 1. The van der Waals surface area contributed by atoms with Crippen LogP contribution < -0.4 is 10.1 Å². The Morgan fingerprint density at radius 3 is 2.84 bits per heavy atom. The van der Waals surface area contributed by atoms with Crippen molar-refractivity contribution in [1.29, 1.82) is 0 Å². The zero-order chi connectivity index (χ0) is 17.8. The molecule has 1 aromatic heterocycles. The molecule has 0 unspecified atom stereocenters. The molecule has 2 aromatic rings. The number of amides is 2. The number of aryl methyl sites for hydroxylation is 1. The van der Waals surface area contributed by atoms with Gasteiger partial charge in [0.2, 0.25) is 5.91 Å². The minimum absolute atomic E-state index is 0.0378. The van der Waals surface area contributed by atoms with Gasteiger partial charge in [-0.15, -0.1) is 0 Å². The molecular formula is C18H21N3O4. The number of benzene rings is 1. The van der Waals surface area contributed by atoms with Crippen molar-refractivity contribution in [2.24, 2.45) is 5.92 Å². The van der Waals surface area contributed by atoms with Gasteiger partial charge in [-0.05, 0) is 31.9 Å². The normalized spacial score (nSPS) is 13.4. The Kier molecular flexibility index (Phi) is 5.02. The van der Waals surface area contributed by atoms with E-state index in [2.05, 4.69) is 10.5 Å². The first-order valence-corrected chi connectivity index (χ1v) is 8.21. The number of nitrogens with zero attached hydrogens (tertiary/aromatic N) is 2. The molecule has 0 aliphatic heterocycles. The average Bonchev–Trinajstić information content (AvgIpc) is 3.36. The van der Waals surface area contributed by atoms with Gasteiger partial charge < -0.3 is 19.5 Å². The number of aromatic nitrogens is 1. The summed E-state index contributed by atoms with van der Waals surface area (Å²) in [6, 6.07) is 8.84. The predicted molar refractivity (Wildman–Crippen MR) is 91.0 cm³/mol. The van der Waals surface area contributed by atoms with E-state index in [9.17, 15) is 9.59 Å². The molecule has 2 amide bonds. The second-order valence-electron chi connectivity index (χ2n) is 6.26.